The van der Waals surface area contributed by atoms with Crippen molar-refractivity contribution >= 4 is 50.7 Å². The lowest BCUT2D eigenvalue weighted by molar-refractivity contribution is -0.115. The molecule has 3 rings (SSSR count). The van der Waals surface area contributed by atoms with Crippen LogP contribution in [0.25, 0.3) is 0 Å². The van der Waals surface area contributed by atoms with Crippen LogP contribution in [0.3, 0.4) is 0 Å². The fourth-order valence-electron chi connectivity index (χ4n) is 2.33. The Morgan fingerprint density at radius 2 is 2.04 bits per heavy atom. The second-order valence-electron chi connectivity index (χ2n) is 5.28. The van der Waals surface area contributed by atoms with Crippen molar-refractivity contribution in [3.8, 4) is 0 Å². The van der Waals surface area contributed by atoms with Crippen molar-refractivity contribution in [1.29, 1.82) is 0 Å². The van der Waals surface area contributed by atoms with Crippen LogP contribution in [0.2, 0.25) is 5.02 Å². The molecule has 0 aromatic heterocycles. The molecule has 1 atom stereocenters. The summed E-state index contributed by atoms with van der Waals surface area (Å²) in [6.07, 6.45) is 0.674. The predicted molar refractivity (Wildman–Crippen MR) is 97.3 cm³/mol. The highest BCUT2D eigenvalue weighted by molar-refractivity contribution is 8.01. The molecule has 0 bridgehead atoms. The highest BCUT2D eigenvalue weighted by atomic mass is 35.5. The van der Waals surface area contributed by atoms with Crippen molar-refractivity contribution in [2.24, 2.45) is 0 Å². The Balaban J connectivity index is 1.91. The minimum absolute atomic E-state index is 0.0531. The number of amides is 1. The maximum Gasteiger partial charge on any atom is 0.261 e. The Labute approximate surface area is 149 Å². The summed E-state index contributed by atoms with van der Waals surface area (Å²) in [4.78, 5) is 12.8. The van der Waals surface area contributed by atoms with E-state index in [0.717, 1.165) is 4.90 Å². The van der Waals surface area contributed by atoms with Crippen molar-refractivity contribution in [3.05, 3.63) is 47.5 Å². The van der Waals surface area contributed by atoms with Crippen molar-refractivity contribution in [2.75, 3.05) is 10.0 Å². The zero-order valence-corrected chi connectivity index (χ0v) is 15.1. The number of thioether (sulfide) groups is 1. The predicted octanol–water partition coefficient (Wildman–Crippen LogP) is 3.96. The van der Waals surface area contributed by atoms with Crippen molar-refractivity contribution in [3.63, 3.8) is 0 Å². The van der Waals surface area contributed by atoms with Crippen LogP contribution in [0.4, 0.5) is 11.4 Å². The number of sulfonamides is 1. The molecule has 1 heterocycles. The molecule has 1 aliphatic rings. The summed E-state index contributed by atoms with van der Waals surface area (Å²) in [5.74, 6) is -0.0531. The molecule has 0 saturated heterocycles. The average molecular weight is 383 g/mol. The second-order valence-corrected chi connectivity index (χ2v) is 8.64. The third-order valence-electron chi connectivity index (χ3n) is 3.53. The van der Waals surface area contributed by atoms with Gasteiger partial charge in [-0.25, -0.2) is 8.42 Å². The maximum atomic E-state index is 12.6. The Morgan fingerprint density at radius 3 is 2.75 bits per heavy atom. The van der Waals surface area contributed by atoms with Gasteiger partial charge in [-0.2, -0.15) is 0 Å². The summed E-state index contributed by atoms with van der Waals surface area (Å²) in [5, 5.41) is 3.04. The molecule has 2 aromatic rings. The zero-order valence-electron chi connectivity index (χ0n) is 12.7. The van der Waals surface area contributed by atoms with Gasteiger partial charge in [0.05, 0.1) is 21.5 Å². The van der Waals surface area contributed by atoms with Gasteiger partial charge in [-0.1, -0.05) is 24.6 Å². The van der Waals surface area contributed by atoms with Crippen LogP contribution in [0.15, 0.2) is 52.3 Å². The van der Waals surface area contributed by atoms with Crippen molar-refractivity contribution in [1.82, 2.24) is 0 Å². The Hall–Kier alpha value is -1.70. The zero-order chi connectivity index (χ0) is 17.3. The van der Waals surface area contributed by atoms with Crippen LogP contribution in [-0.2, 0) is 14.8 Å². The molecule has 126 valence electrons. The van der Waals surface area contributed by atoms with Crippen LogP contribution in [0, 0.1) is 0 Å². The summed E-state index contributed by atoms with van der Waals surface area (Å²) in [7, 11) is -3.74. The van der Waals surface area contributed by atoms with E-state index in [1.165, 1.54) is 17.8 Å². The molecule has 0 saturated carbocycles. The van der Waals surface area contributed by atoms with E-state index < -0.39 is 10.0 Å². The molecule has 0 spiro atoms. The number of rotatable bonds is 4. The number of carbonyl (C=O) groups is 1. The van der Waals surface area contributed by atoms with Gasteiger partial charge in [0.1, 0.15) is 0 Å². The molecular formula is C16H15ClN2O3S2. The van der Waals surface area contributed by atoms with Gasteiger partial charge >= 0.3 is 0 Å². The molecule has 1 amide bonds. The van der Waals surface area contributed by atoms with Crippen LogP contribution >= 0.6 is 23.4 Å². The standard InChI is InChI=1S/C16H15ClN2O3S2/c1-2-14-16(20)18-13-7-6-12(9-15(13)23-14)24(21,22)19-11-5-3-4-10(17)8-11/h3-9,14,19H,2H2,1H3,(H,18,20). The molecule has 0 radical (unpaired) electrons. The number of anilines is 2. The number of benzene rings is 2. The fourth-order valence-corrected chi connectivity index (χ4v) is 4.75. The first kappa shape index (κ1) is 17.1. The third-order valence-corrected chi connectivity index (χ3v) is 6.57. The number of fused-ring (bicyclic) bond motifs is 1. The number of nitrogens with one attached hydrogen (secondary N) is 2. The minimum atomic E-state index is -3.74. The lowest BCUT2D eigenvalue weighted by Gasteiger charge is -2.23. The normalized spacial score (nSPS) is 17.1. The van der Waals surface area contributed by atoms with Gasteiger partial charge in [-0.15, -0.1) is 11.8 Å². The van der Waals surface area contributed by atoms with E-state index in [1.807, 2.05) is 6.92 Å². The number of carbonyl (C=O) groups excluding carboxylic acids is 1. The van der Waals surface area contributed by atoms with Crippen molar-refractivity contribution in [2.45, 2.75) is 28.4 Å². The molecule has 5 nitrogen and oxygen atoms in total. The smallest absolute Gasteiger partial charge is 0.261 e. The summed E-state index contributed by atoms with van der Waals surface area (Å²) in [6, 6.07) is 11.2. The Morgan fingerprint density at radius 1 is 1.25 bits per heavy atom. The van der Waals surface area contributed by atoms with Gasteiger partial charge in [0.25, 0.3) is 10.0 Å². The van der Waals surface area contributed by atoms with E-state index in [1.54, 1.807) is 36.4 Å². The summed E-state index contributed by atoms with van der Waals surface area (Å²) in [6.45, 7) is 1.92. The highest BCUT2D eigenvalue weighted by Crippen LogP contribution is 2.38. The first-order valence-electron chi connectivity index (χ1n) is 7.29. The van der Waals surface area contributed by atoms with Gasteiger partial charge in [0.2, 0.25) is 5.91 Å². The van der Waals surface area contributed by atoms with Crippen molar-refractivity contribution < 1.29 is 13.2 Å². The Bertz CT molecular complexity index is 900. The minimum Gasteiger partial charge on any atom is -0.324 e. The van der Waals surface area contributed by atoms with Gasteiger partial charge in [-0.3, -0.25) is 9.52 Å². The highest BCUT2D eigenvalue weighted by Gasteiger charge is 2.27. The maximum absolute atomic E-state index is 12.6. The second kappa shape index (κ2) is 6.66. The van der Waals surface area contributed by atoms with E-state index in [4.69, 9.17) is 11.6 Å². The summed E-state index contributed by atoms with van der Waals surface area (Å²) >= 11 is 7.26. The lowest BCUT2D eigenvalue weighted by atomic mass is 10.2. The largest absolute Gasteiger partial charge is 0.324 e. The molecular weight excluding hydrogens is 368 g/mol. The fraction of sp³-hybridized carbons (Fsp3) is 0.188. The van der Waals surface area contributed by atoms with Crippen LogP contribution in [0.1, 0.15) is 13.3 Å². The average Bonchev–Trinajstić information content (AvgIpc) is 2.53. The molecule has 1 aliphatic heterocycles. The third kappa shape index (κ3) is 3.53. The molecule has 24 heavy (non-hydrogen) atoms. The molecule has 2 aromatic carbocycles. The SMILES string of the molecule is CCC1Sc2cc(S(=O)(=O)Nc3cccc(Cl)c3)ccc2NC1=O. The van der Waals surface area contributed by atoms with E-state index in [0.29, 0.717) is 22.8 Å². The molecule has 8 heteroatoms. The van der Waals surface area contributed by atoms with E-state index in [-0.39, 0.29) is 16.1 Å². The van der Waals surface area contributed by atoms with E-state index >= 15 is 0 Å². The topological polar surface area (TPSA) is 75.3 Å². The number of hydrogen-bond donors (Lipinski definition) is 2. The molecule has 2 N–H and O–H groups in total. The Kier molecular flexibility index (Phi) is 4.76. The summed E-state index contributed by atoms with van der Waals surface area (Å²) in [5.41, 5.74) is 1.03. The van der Waals surface area contributed by atoms with Gasteiger partial charge in [0, 0.05) is 9.92 Å². The quantitative estimate of drug-likeness (QED) is 0.839. The van der Waals surface area contributed by atoms with Gasteiger partial charge < -0.3 is 5.32 Å². The number of hydrogen-bond acceptors (Lipinski definition) is 4. The molecule has 1 unspecified atom stereocenters. The summed E-state index contributed by atoms with van der Waals surface area (Å²) < 4.78 is 27.6. The van der Waals surface area contributed by atoms with Crippen LogP contribution in [0.5, 0.6) is 0 Å². The molecule has 0 aliphatic carbocycles. The lowest BCUT2D eigenvalue weighted by Crippen LogP contribution is -2.28. The van der Waals surface area contributed by atoms with E-state index in [2.05, 4.69) is 10.0 Å². The first-order chi connectivity index (χ1) is 11.4. The number of halogens is 1. The first-order valence-corrected chi connectivity index (χ1v) is 10.0. The van der Waals surface area contributed by atoms with Crippen LogP contribution < -0.4 is 10.0 Å². The van der Waals surface area contributed by atoms with Gasteiger partial charge in [-0.05, 0) is 42.8 Å². The van der Waals surface area contributed by atoms with Crippen LogP contribution in [-0.4, -0.2) is 19.6 Å². The molecule has 0 fully saturated rings. The van der Waals surface area contributed by atoms with Gasteiger partial charge in [0.15, 0.2) is 0 Å². The monoisotopic (exact) mass is 382 g/mol. The van der Waals surface area contributed by atoms with E-state index in [9.17, 15) is 13.2 Å².